The summed E-state index contributed by atoms with van der Waals surface area (Å²) >= 11 is 0. The number of nitrogens with one attached hydrogen (secondary N) is 1. The Kier molecular flexibility index (Phi) is 3.13. The van der Waals surface area contributed by atoms with Crippen molar-refractivity contribution in [2.75, 3.05) is 0 Å². The second-order valence-electron chi connectivity index (χ2n) is 7.41. The summed E-state index contributed by atoms with van der Waals surface area (Å²) in [6, 6.07) is 4.21. The molecule has 0 atom stereocenters. The zero-order valence-corrected chi connectivity index (χ0v) is 14.8. The maximum absolute atomic E-state index is 4.73. The summed E-state index contributed by atoms with van der Waals surface area (Å²) in [5.41, 5.74) is 8.46. The van der Waals surface area contributed by atoms with Crippen LogP contribution in [0.1, 0.15) is 25.2 Å². The number of aliphatic imine (C=N–C) groups is 2. The Hall–Kier alpha value is -3.20. The Balaban J connectivity index is 1.69. The minimum atomic E-state index is -0.0473. The van der Waals surface area contributed by atoms with Crippen molar-refractivity contribution in [3.63, 3.8) is 0 Å². The molecule has 26 heavy (non-hydrogen) atoms. The van der Waals surface area contributed by atoms with Gasteiger partial charge in [0.25, 0.3) is 0 Å². The molecular formula is C23H19N3. The van der Waals surface area contributed by atoms with E-state index in [0.29, 0.717) is 0 Å². The molecule has 0 unspecified atom stereocenters. The topological polar surface area (TPSA) is 40.5 Å². The SMILES string of the molecule is CC1(C)C2=CC3=NC(=CC4=NC(=Cc5ccc([nH]5)C=C1C=C2)C=C4)C=C3. The Bertz CT molecular complexity index is 1090. The summed E-state index contributed by atoms with van der Waals surface area (Å²) in [6.07, 6.45) is 21.1. The van der Waals surface area contributed by atoms with E-state index in [9.17, 15) is 0 Å². The third-order valence-corrected chi connectivity index (χ3v) is 5.20. The van der Waals surface area contributed by atoms with Gasteiger partial charge in [0.2, 0.25) is 0 Å². The summed E-state index contributed by atoms with van der Waals surface area (Å²) in [6.45, 7) is 4.52. The van der Waals surface area contributed by atoms with Crippen molar-refractivity contribution in [1.82, 2.24) is 4.98 Å². The molecule has 3 aliphatic heterocycles. The summed E-state index contributed by atoms with van der Waals surface area (Å²) in [7, 11) is 0. The number of allylic oxidation sites excluding steroid dienone is 10. The molecule has 0 spiro atoms. The minimum absolute atomic E-state index is 0.0473. The third kappa shape index (κ3) is 2.53. The first kappa shape index (κ1) is 15.1. The van der Waals surface area contributed by atoms with Gasteiger partial charge < -0.3 is 4.98 Å². The largest absolute Gasteiger partial charge is 0.355 e. The van der Waals surface area contributed by atoms with Crippen LogP contribution in [0.4, 0.5) is 0 Å². The van der Waals surface area contributed by atoms with E-state index in [1.54, 1.807) is 0 Å². The van der Waals surface area contributed by atoms with Gasteiger partial charge >= 0.3 is 0 Å². The normalized spacial score (nSPS) is 21.9. The molecule has 1 N–H and O–H groups in total. The molecule has 126 valence electrons. The molecule has 5 rings (SSSR count). The highest BCUT2D eigenvalue weighted by Gasteiger charge is 2.30. The van der Waals surface area contributed by atoms with Crippen molar-refractivity contribution in [3.8, 4) is 0 Å². The number of fused-ring (bicyclic) bond motifs is 6. The van der Waals surface area contributed by atoms with Crippen LogP contribution >= 0.6 is 0 Å². The van der Waals surface area contributed by atoms with Gasteiger partial charge in [0.15, 0.2) is 0 Å². The molecule has 0 fully saturated rings. The van der Waals surface area contributed by atoms with Gasteiger partial charge in [0.1, 0.15) is 0 Å². The van der Waals surface area contributed by atoms with Gasteiger partial charge in [-0.1, -0.05) is 26.0 Å². The van der Waals surface area contributed by atoms with E-state index in [1.807, 2.05) is 24.3 Å². The predicted molar refractivity (Wildman–Crippen MR) is 109 cm³/mol. The van der Waals surface area contributed by atoms with Crippen molar-refractivity contribution in [2.45, 2.75) is 13.8 Å². The fraction of sp³-hybridized carbons (Fsp3) is 0.130. The van der Waals surface area contributed by atoms with Gasteiger partial charge in [0.05, 0.1) is 22.8 Å². The molecule has 4 heterocycles. The molecule has 0 radical (unpaired) electrons. The zero-order valence-electron chi connectivity index (χ0n) is 14.8. The zero-order chi connectivity index (χ0) is 17.7. The Labute approximate surface area is 153 Å². The fourth-order valence-corrected chi connectivity index (χ4v) is 3.57. The average Bonchev–Trinajstić information content (AvgIpc) is 3.35. The Morgan fingerprint density at radius 1 is 0.654 bits per heavy atom. The first-order valence-corrected chi connectivity index (χ1v) is 8.85. The van der Waals surface area contributed by atoms with E-state index in [1.165, 1.54) is 11.1 Å². The molecule has 4 aliphatic rings. The van der Waals surface area contributed by atoms with Crippen LogP contribution in [0.2, 0.25) is 0 Å². The van der Waals surface area contributed by atoms with E-state index in [4.69, 9.17) is 4.99 Å². The van der Waals surface area contributed by atoms with Gasteiger partial charge in [-0.2, -0.15) is 0 Å². The fourth-order valence-electron chi connectivity index (χ4n) is 3.57. The van der Waals surface area contributed by atoms with Crippen molar-refractivity contribution in [2.24, 2.45) is 15.4 Å². The molecule has 3 heteroatoms. The molecule has 0 aromatic carbocycles. The standard InChI is InChI=1S/C23H19N3/c1-23(2)15-3-4-16(23)12-18-6-8-20(25-18)14-22-10-9-21(26-22)13-19-7-5-17(11-15)24-19/h3-14,24H,1-2H3. The number of hydrogen-bond acceptors (Lipinski definition) is 2. The first-order chi connectivity index (χ1) is 12.6. The van der Waals surface area contributed by atoms with E-state index in [0.717, 1.165) is 34.2 Å². The molecule has 0 amide bonds. The minimum Gasteiger partial charge on any atom is -0.355 e. The van der Waals surface area contributed by atoms with E-state index < -0.39 is 0 Å². The summed E-state index contributed by atoms with van der Waals surface area (Å²) < 4.78 is 0. The van der Waals surface area contributed by atoms with Crippen molar-refractivity contribution in [1.29, 1.82) is 0 Å². The third-order valence-electron chi connectivity index (χ3n) is 5.20. The van der Waals surface area contributed by atoms with Crippen LogP contribution in [0.5, 0.6) is 0 Å². The van der Waals surface area contributed by atoms with Crippen LogP contribution < -0.4 is 0 Å². The number of aromatic amines is 1. The van der Waals surface area contributed by atoms with Crippen LogP contribution in [-0.4, -0.2) is 16.4 Å². The Morgan fingerprint density at radius 3 is 1.96 bits per heavy atom. The van der Waals surface area contributed by atoms with Gasteiger partial charge in [-0.25, -0.2) is 9.98 Å². The number of rotatable bonds is 0. The highest BCUT2D eigenvalue weighted by molar-refractivity contribution is 6.11. The summed E-state index contributed by atoms with van der Waals surface area (Å²) in [4.78, 5) is 12.9. The van der Waals surface area contributed by atoms with Gasteiger partial charge in [-0.05, 0) is 71.9 Å². The van der Waals surface area contributed by atoms with Crippen molar-refractivity contribution < 1.29 is 0 Å². The van der Waals surface area contributed by atoms with Crippen molar-refractivity contribution in [3.05, 3.63) is 94.7 Å². The van der Waals surface area contributed by atoms with Gasteiger partial charge in [-0.3, -0.25) is 0 Å². The lowest BCUT2D eigenvalue weighted by Gasteiger charge is -2.22. The second kappa shape index (κ2) is 5.40. The Morgan fingerprint density at radius 2 is 1.23 bits per heavy atom. The number of nitrogens with zero attached hydrogens (tertiary/aromatic N) is 2. The molecule has 8 bridgehead atoms. The molecule has 0 saturated heterocycles. The molecule has 0 saturated carbocycles. The van der Waals surface area contributed by atoms with E-state index in [2.05, 4.69) is 72.4 Å². The molecule has 1 aromatic rings. The summed E-state index contributed by atoms with van der Waals surface area (Å²) in [5.74, 6) is 0. The molecule has 1 aromatic heterocycles. The molecular weight excluding hydrogens is 318 g/mol. The van der Waals surface area contributed by atoms with Crippen LogP contribution in [0.3, 0.4) is 0 Å². The number of hydrogen-bond donors (Lipinski definition) is 1. The summed E-state index contributed by atoms with van der Waals surface area (Å²) in [5, 5.41) is 0. The molecule has 1 aliphatic carbocycles. The second-order valence-corrected chi connectivity index (χ2v) is 7.41. The molecule has 3 nitrogen and oxygen atoms in total. The first-order valence-electron chi connectivity index (χ1n) is 8.85. The highest BCUT2D eigenvalue weighted by atomic mass is 14.8. The maximum Gasteiger partial charge on any atom is 0.0659 e. The van der Waals surface area contributed by atoms with Gasteiger partial charge in [0, 0.05) is 16.8 Å². The quantitative estimate of drug-likeness (QED) is 0.678. The van der Waals surface area contributed by atoms with Crippen LogP contribution in [-0.2, 0) is 0 Å². The van der Waals surface area contributed by atoms with E-state index in [-0.39, 0.29) is 5.41 Å². The van der Waals surface area contributed by atoms with Crippen LogP contribution in [0, 0.1) is 5.41 Å². The lowest BCUT2D eigenvalue weighted by Crippen LogP contribution is -2.12. The van der Waals surface area contributed by atoms with Crippen molar-refractivity contribution >= 4 is 23.6 Å². The van der Waals surface area contributed by atoms with Gasteiger partial charge in [-0.15, -0.1) is 0 Å². The lowest BCUT2D eigenvalue weighted by atomic mass is 9.81. The smallest absolute Gasteiger partial charge is 0.0659 e. The predicted octanol–water partition coefficient (Wildman–Crippen LogP) is 5.18. The monoisotopic (exact) mass is 337 g/mol. The maximum atomic E-state index is 4.73. The number of aromatic nitrogens is 1. The average molecular weight is 337 g/mol. The lowest BCUT2D eigenvalue weighted by molar-refractivity contribution is 0.586. The number of H-pyrrole nitrogens is 1. The van der Waals surface area contributed by atoms with E-state index >= 15 is 0 Å². The highest BCUT2D eigenvalue weighted by Crippen LogP contribution is 2.42. The van der Waals surface area contributed by atoms with Crippen LogP contribution in [0.15, 0.2) is 93.3 Å². The van der Waals surface area contributed by atoms with Crippen LogP contribution in [0.25, 0.3) is 12.2 Å².